The average Bonchev–Trinajstić information content (AvgIpc) is 3.15. The molecule has 6 nitrogen and oxygen atoms in total. The van der Waals surface area contributed by atoms with Crippen LogP contribution in [0.4, 0.5) is 0 Å². The lowest BCUT2D eigenvalue weighted by molar-refractivity contribution is -0.125. The summed E-state index contributed by atoms with van der Waals surface area (Å²) >= 11 is 0. The molecular weight excluding hydrogens is 376 g/mol. The largest absolute Gasteiger partial charge is 0.497 e. The Bertz CT molecular complexity index is 928. The second kappa shape index (κ2) is 8.32. The van der Waals surface area contributed by atoms with Crippen LogP contribution in [-0.4, -0.2) is 44.9 Å². The Morgan fingerprint density at radius 2 is 1.82 bits per heavy atom. The predicted octanol–water partition coefficient (Wildman–Crippen LogP) is 2.62. The molecule has 1 saturated heterocycles. The van der Waals surface area contributed by atoms with Gasteiger partial charge in [0.2, 0.25) is 15.9 Å². The molecule has 1 heterocycles. The highest BCUT2D eigenvalue weighted by Crippen LogP contribution is 2.37. The Hall–Kier alpha value is -2.38. The topological polar surface area (TPSA) is 75.7 Å². The van der Waals surface area contributed by atoms with Crippen LogP contribution in [0.2, 0.25) is 0 Å². The fraction of sp³-hybridized carbons (Fsp3) is 0.381. The number of sulfonamides is 1. The molecule has 0 radical (unpaired) electrons. The summed E-state index contributed by atoms with van der Waals surface area (Å²) < 4.78 is 32.9. The summed E-state index contributed by atoms with van der Waals surface area (Å²) in [6, 6.07) is 15.8. The summed E-state index contributed by atoms with van der Waals surface area (Å²) in [6.45, 7) is 4.19. The maximum absolute atomic E-state index is 13.1. The van der Waals surface area contributed by atoms with Crippen molar-refractivity contribution in [3.05, 3.63) is 60.2 Å². The zero-order valence-corrected chi connectivity index (χ0v) is 17.1. The molecular formula is C21H26N2O4S. The third-order valence-corrected chi connectivity index (χ3v) is 6.80. The molecule has 2 aromatic carbocycles. The molecule has 1 fully saturated rings. The standard InChI is InChI=1S/C21H26N2O4S/c1-15(2)22-21(24)20-14-23(28(25,26)18-10-5-4-6-11-18)13-19(20)16-8-7-9-17(12-16)27-3/h4-12,15,19-20H,13-14H2,1-3H3,(H,22,24)/t19-,20+/m0/s1. The van der Waals surface area contributed by atoms with Crippen LogP contribution in [0.1, 0.15) is 25.3 Å². The predicted molar refractivity (Wildman–Crippen MR) is 108 cm³/mol. The van der Waals surface area contributed by atoms with Gasteiger partial charge in [0.25, 0.3) is 0 Å². The molecule has 1 amide bonds. The lowest BCUT2D eigenvalue weighted by Gasteiger charge is -2.20. The van der Waals surface area contributed by atoms with E-state index in [1.165, 1.54) is 4.31 Å². The van der Waals surface area contributed by atoms with Crippen molar-refractivity contribution < 1.29 is 17.9 Å². The number of carbonyl (C=O) groups excluding carboxylic acids is 1. The van der Waals surface area contributed by atoms with Crippen molar-refractivity contribution >= 4 is 15.9 Å². The van der Waals surface area contributed by atoms with Crippen molar-refractivity contribution in [2.24, 2.45) is 5.92 Å². The summed E-state index contributed by atoms with van der Waals surface area (Å²) in [5.41, 5.74) is 0.897. The summed E-state index contributed by atoms with van der Waals surface area (Å²) in [5, 5.41) is 2.93. The summed E-state index contributed by atoms with van der Waals surface area (Å²) in [4.78, 5) is 13.1. The zero-order valence-electron chi connectivity index (χ0n) is 16.3. The van der Waals surface area contributed by atoms with Gasteiger partial charge in [0.05, 0.1) is 17.9 Å². The number of nitrogens with one attached hydrogen (secondary N) is 1. The SMILES string of the molecule is COc1cccc([C@@H]2CN(S(=O)(=O)c3ccccc3)C[C@H]2C(=O)NC(C)C)c1. The highest BCUT2D eigenvalue weighted by atomic mass is 32.2. The van der Waals surface area contributed by atoms with Gasteiger partial charge in [-0.1, -0.05) is 30.3 Å². The molecule has 7 heteroatoms. The van der Waals surface area contributed by atoms with E-state index in [1.807, 2.05) is 38.1 Å². The number of rotatable bonds is 6. The Balaban J connectivity index is 1.95. The minimum Gasteiger partial charge on any atom is -0.497 e. The van der Waals surface area contributed by atoms with E-state index in [0.717, 1.165) is 5.56 Å². The fourth-order valence-corrected chi connectivity index (χ4v) is 5.09. The van der Waals surface area contributed by atoms with Gasteiger partial charge in [0.15, 0.2) is 0 Å². The van der Waals surface area contributed by atoms with Gasteiger partial charge in [-0.2, -0.15) is 4.31 Å². The number of methoxy groups -OCH3 is 1. The van der Waals surface area contributed by atoms with Gasteiger partial charge >= 0.3 is 0 Å². The van der Waals surface area contributed by atoms with E-state index < -0.39 is 15.9 Å². The maximum atomic E-state index is 13.1. The molecule has 2 aromatic rings. The molecule has 0 bridgehead atoms. The number of nitrogens with zero attached hydrogens (tertiary/aromatic N) is 1. The first-order chi connectivity index (χ1) is 13.3. The molecule has 0 spiro atoms. The van der Waals surface area contributed by atoms with Crippen molar-refractivity contribution in [1.82, 2.24) is 9.62 Å². The molecule has 0 aliphatic carbocycles. The number of hydrogen-bond acceptors (Lipinski definition) is 4. The maximum Gasteiger partial charge on any atom is 0.243 e. The summed E-state index contributed by atoms with van der Waals surface area (Å²) in [5.74, 6) is -0.154. The van der Waals surface area contributed by atoms with Crippen LogP contribution >= 0.6 is 0 Å². The first-order valence-corrected chi connectivity index (χ1v) is 10.8. The second-order valence-corrected chi connectivity index (χ2v) is 9.23. The Morgan fingerprint density at radius 1 is 1.11 bits per heavy atom. The molecule has 1 aliphatic heterocycles. The Morgan fingerprint density at radius 3 is 2.46 bits per heavy atom. The number of benzene rings is 2. The smallest absolute Gasteiger partial charge is 0.243 e. The molecule has 2 atom stereocenters. The van der Waals surface area contributed by atoms with Gasteiger partial charge < -0.3 is 10.1 Å². The molecule has 1 aliphatic rings. The molecule has 0 aromatic heterocycles. The second-order valence-electron chi connectivity index (χ2n) is 7.29. The number of ether oxygens (including phenoxy) is 1. The molecule has 0 saturated carbocycles. The molecule has 1 N–H and O–H groups in total. The van der Waals surface area contributed by atoms with Gasteiger partial charge in [-0.3, -0.25) is 4.79 Å². The lowest BCUT2D eigenvalue weighted by atomic mass is 9.88. The van der Waals surface area contributed by atoms with E-state index >= 15 is 0 Å². The summed E-state index contributed by atoms with van der Waals surface area (Å²) in [7, 11) is -2.08. The van der Waals surface area contributed by atoms with Gasteiger partial charge in [0, 0.05) is 25.0 Å². The fourth-order valence-electron chi connectivity index (χ4n) is 3.57. The average molecular weight is 403 g/mol. The van der Waals surface area contributed by atoms with Crippen molar-refractivity contribution in [3.8, 4) is 5.75 Å². The number of hydrogen-bond donors (Lipinski definition) is 1. The number of carbonyl (C=O) groups is 1. The zero-order chi connectivity index (χ0) is 20.3. The van der Waals surface area contributed by atoms with Gasteiger partial charge in [-0.15, -0.1) is 0 Å². The minimum absolute atomic E-state index is 0.0155. The van der Waals surface area contributed by atoms with Crippen LogP contribution in [0, 0.1) is 5.92 Å². The van der Waals surface area contributed by atoms with Crippen molar-refractivity contribution in [3.63, 3.8) is 0 Å². The van der Waals surface area contributed by atoms with E-state index in [4.69, 9.17) is 4.74 Å². The summed E-state index contributed by atoms with van der Waals surface area (Å²) in [6.07, 6.45) is 0. The van der Waals surface area contributed by atoms with Gasteiger partial charge in [-0.05, 0) is 43.7 Å². The molecule has 150 valence electrons. The van der Waals surface area contributed by atoms with Crippen LogP contribution < -0.4 is 10.1 Å². The van der Waals surface area contributed by atoms with Crippen molar-refractivity contribution in [1.29, 1.82) is 0 Å². The van der Waals surface area contributed by atoms with E-state index in [2.05, 4.69) is 5.32 Å². The van der Waals surface area contributed by atoms with Crippen LogP contribution in [0.5, 0.6) is 5.75 Å². The lowest BCUT2D eigenvalue weighted by Crippen LogP contribution is -2.39. The van der Waals surface area contributed by atoms with E-state index in [9.17, 15) is 13.2 Å². The highest BCUT2D eigenvalue weighted by Gasteiger charge is 2.43. The first-order valence-electron chi connectivity index (χ1n) is 9.32. The third kappa shape index (κ3) is 4.20. The minimum atomic E-state index is -3.67. The van der Waals surface area contributed by atoms with Crippen molar-refractivity contribution in [2.45, 2.75) is 30.7 Å². The Labute approximate surface area is 166 Å². The number of amides is 1. The van der Waals surface area contributed by atoms with Crippen LogP contribution in [0.25, 0.3) is 0 Å². The quantitative estimate of drug-likeness (QED) is 0.806. The van der Waals surface area contributed by atoms with Gasteiger partial charge in [-0.25, -0.2) is 8.42 Å². The van der Waals surface area contributed by atoms with E-state index in [-0.39, 0.29) is 35.9 Å². The van der Waals surface area contributed by atoms with Crippen LogP contribution in [0.15, 0.2) is 59.5 Å². The third-order valence-electron chi connectivity index (χ3n) is 4.96. The molecule has 28 heavy (non-hydrogen) atoms. The first kappa shape index (κ1) is 20.4. The monoisotopic (exact) mass is 402 g/mol. The van der Waals surface area contributed by atoms with Crippen LogP contribution in [0.3, 0.4) is 0 Å². The normalized spacial score (nSPS) is 20.3. The van der Waals surface area contributed by atoms with Crippen LogP contribution in [-0.2, 0) is 14.8 Å². The van der Waals surface area contributed by atoms with E-state index in [1.54, 1.807) is 37.4 Å². The Kier molecular flexibility index (Phi) is 6.05. The molecule has 0 unspecified atom stereocenters. The highest BCUT2D eigenvalue weighted by molar-refractivity contribution is 7.89. The molecule has 3 rings (SSSR count). The van der Waals surface area contributed by atoms with E-state index in [0.29, 0.717) is 5.75 Å². The van der Waals surface area contributed by atoms with Gasteiger partial charge in [0.1, 0.15) is 5.75 Å². The van der Waals surface area contributed by atoms with Crippen molar-refractivity contribution in [2.75, 3.05) is 20.2 Å².